The molecule has 0 saturated carbocycles. The number of likely N-dealkylation sites (N-methyl/N-ethyl adjacent to an activating group) is 1. The minimum atomic E-state index is -0.640. The van der Waals surface area contributed by atoms with E-state index in [1.54, 1.807) is 11.1 Å². The van der Waals surface area contributed by atoms with Gasteiger partial charge in [0.25, 0.3) is 11.7 Å². The van der Waals surface area contributed by atoms with Gasteiger partial charge in [-0.3, -0.25) is 9.59 Å². The maximum atomic E-state index is 13.2. The summed E-state index contributed by atoms with van der Waals surface area (Å²) in [5.41, 5.74) is 3.39. The first kappa shape index (κ1) is 21.8. The molecule has 2 N–H and O–H groups in total. The number of aliphatic hydroxyl groups excluding tert-OH is 1. The van der Waals surface area contributed by atoms with Gasteiger partial charge in [0, 0.05) is 35.8 Å². The van der Waals surface area contributed by atoms with Gasteiger partial charge in [-0.1, -0.05) is 61.9 Å². The summed E-state index contributed by atoms with van der Waals surface area (Å²) in [7, 11) is 0. The van der Waals surface area contributed by atoms with Gasteiger partial charge >= 0.3 is 0 Å². The first-order valence-electron chi connectivity index (χ1n) is 11.1. The predicted octanol–water partition coefficient (Wildman–Crippen LogP) is 4.24. The Morgan fingerprint density at radius 1 is 1.09 bits per heavy atom. The fourth-order valence-electron chi connectivity index (χ4n) is 4.50. The van der Waals surface area contributed by atoms with E-state index in [-0.39, 0.29) is 11.3 Å². The second kappa shape index (κ2) is 9.01. The Morgan fingerprint density at radius 3 is 2.56 bits per heavy atom. The molecule has 1 unspecified atom stereocenters. The highest BCUT2D eigenvalue weighted by molar-refractivity contribution is 6.46. The SMILES string of the molecule is CCN(CC)CCN1C(=O)C(=O)/C(=C(\O)c2c[nH]c3ccccc23)C1c1cccc(C)c1. The Labute approximate surface area is 188 Å². The molecule has 2 heterocycles. The van der Waals surface area contributed by atoms with Crippen LogP contribution in [0.1, 0.15) is 36.6 Å². The number of amides is 1. The highest BCUT2D eigenvalue weighted by Gasteiger charge is 2.46. The van der Waals surface area contributed by atoms with Gasteiger partial charge in [-0.25, -0.2) is 0 Å². The third kappa shape index (κ3) is 3.82. The van der Waals surface area contributed by atoms with E-state index in [9.17, 15) is 14.7 Å². The van der Waals surface area contributed by atoms with Crippen molar-refractivity contribution in [2.24, 2.45) is 0 Å². The summed E-state index contributed by atoms with van der Waals surface area (Å²) in [6, 6.07) is 14.7. The van der Waals surface area contributed by atoms with Gasteiger partial charge in [-0.2, -0.15) is 0 Å². The monoisotopic (exact) mass is 431 g/mol. The summed E-state index contributed by atoms with van der Waals surface area (Å²) in [5, 5.41) is 12.1. The van der Waals surface area contributed by atoms with Crippen molar-refractivity contribution in [2.45, 2.75) is 26.8 Å². The van der Waals surface area contributed by atoms with Crippen LogP contribution in [-0.4, -0.2) is 57.8 Å². The van der Waals surface area contributed by atoms with Crippen LogP contribution in [0.25, 0.3) is 16.7 Å². The first-order valence-corrected chi connectivity index (χ1v) is 11.1. The molecule has 3 aromatic rings. The van der Waals surface area contributed by atoms with Crippen molar-refractivity contribution in [1.29, 1.82) is 0 Å². The topological polar surface area (TPSA) is 76.6 Å². The zero-order valence-corrected chi connectivity index (χ0v) is 18.8. The number of rotatable bonds is 7. The lowest BCUT2D eigenvalue weighted by Gasteiger charge is -2.28. The lowest BCUT2D eigenvalue weighted by Crippen LogP contribution is -2.38. The summed E-state index contributed by atoms with van der Waals surface area (Å²) >= 11 is 0. The van der Waals surface area contributed by atoms with Crippen LogP contribution in [-0.2, 0) is 9.59 Å². The maximum absolute atomic E-state index is 13.2. The van der Waals surface area contributed by atoms with Gasteiger partial charge in [-0.15, -0.1) is 0 Å². The van der Waals surface area contributed by atoms with E-state index in [0.717, 1.165) is 35.1 Å². The largest absolute Gasteiger partial charge is 0.507 e. The quantitative estimate of drug-likeness (QED) is 0.333. The molecule has 1 saturated heterocycles. The number of aromatic nitrogens is 1. The molecular formula is C26H29N3O3. The Hall–Kier alpha value is -3.38. The normalized spacial score (nSPS) is 18.2. The zero-order chi connectivity index (χ0) is 22.8. The summed E-state index contributed by atoms with van der Waals surface area (Å²) < 4.78 is 0. The van der Waals surface area contributed by atoms with Crippen molar-refractivity contribution in [1.82, 2.24) is 14.8 Å². The van der Waals surface area contributed by atoms with Gasteiger partial charge in [0.15, 0.2) is 0 Å². The van der Waals surface area contributed by atoms with Gasteiger partial charge in [0.1, 0.15) is 5.76 Å². The Morgan fingerprint density at radius 2 is 1.84 bits per heavy atom. The number of aryl methyl sites for hydroxylation is 1. The number of hydrogen-bond donors (Lipinski definition) is 2. The highest BCUT2D eigenvalue weighted by Crippen LogP contribution is 2.40. The first-order chi connectivity index (χ1) is 15.5. The second-order valence-corrected chi connectivity index (χ2v) is 8.18. The highest BCUT2D eigenvalue weighted by atomic mass is 16.3. The molecule has 1 amide bonds. The fourth-order valence-corrected chi connectivity index (χ4v) is 4.50. The molecule has 0 aliphatic carbocycles. The summed E-state index contributed by atoms with van der Waals surface area (Å²) in [4.78, 5) is 33.3. The number of Topliss-reactive ketones (excluding diaryl/α,β-unsaturated/α-hetero) is 1. The molecular weight excluding hydrogens is 402 g/mol. The molecule has 6 heteroatoms. The number of para-hydroxylation sites is 1. The van der Waals surface area contributed by atoms with Gasteiger partial charge < -0.3 is 19.9 Å². The summed E-state index contributed by atoms with van der Waals surface area (Å²) in [5.74, 6) is -1.35. The van der Waals surface area contributed by atoms with Gasteiger partial charge in [0.2, 0.25) is 0 Å². The van der Waals surface area contributed by atoms with E-state index in [1.807, 2.05) is 55.5 Å². The molecule has 32 heavy (non-hydrogen) atoms. The number of ketones is 1. The van der Waals surface area contributed by atoms with Crippen LogP contribution >= 0.6 is 0 Å². The lowest BCUT2D eigenvalue weighted by molar-refractivity contribution is -0.140. The maximum Gasteiger partial charge on any atom is 0.295 e. The summed E-state index contributed by atoms with van der Waals surface area (Å²) in [6.45, 7) is 8.94. The average Bonchev–Trinajstić information content (AvgIpc) is 3.34. The number of fused-ring (bicyclic) bond motifs is 1. The molecule has 2 aromatic carbocycles. The molecule has 4 rings (SSSR count). The molecule has 166 valence electrons. The number of carbonyl (C=O) groups is 2. The number of nitrogens with one attached hydrogen (secondary N) is 1. The van der Waals surface area contributed by atoms with Crippen LogP contribution < -0.4 is 0 Å². The molecule has 1 aliphatic heterocycles. The molecule has 1 atom stereocenters. The van der Waals surface area contributed by atoms with Crippen molar-refractivity contribution in [2.75, 3.05) is 26.2 Å². The number of aliphatic hydroxyl groups is 1. The number of likely N-dealkylation sites (tertiary alicyclic amines) is 1. The Kier molecular flexibility index (Phi) is 6.15. The van der Waals surface area contributed by atoms with E-state index in [0.29, 0.717) is 18.7 Å². The molecule has 1 fully saturated rings. The zero-order valence-electron chi connectivity index (χ0n) is 18.8. The van der Waals surface area contributed by atoms with E-state index < -0.39 is 17.7 Å². The van der Waals surface area contributed by atoms with Crippen molar-refractivity contribution in [3.05, 3.63) is 77.0 Å². The van der Waals surface area contributed by atoms with Crippen molar-refractivity contribution >= 4 is 28.4 Å². The van der Waals surface area contributed by atoms with E-state index in [4.69, 9.17) is 0 Å². The average molecular weight is 432 g/mol. The minimum Gasteiger partial charge on any atom is -0.507 e. The van der Waals surface area contributed by atoms with Crippen LogP contribution in [0.3, 0.4) is 0 Å². The number of nitrogens with zero attached hydrogens (tertiary/aromatic N) is 2. The number of carbonyl (C=O) groups excluding carboxylic acids is 2. The molecule has 0 spiro atoms. The molecule has 6 nitrogen and oxygen atoms in total. The fraction of sp³-hybridized carbons (Fsp3) is 0.308. The number of H-pyrrole nitrogens is 1. The number of aromatic amines is 1. The van der Waals surface area contributed by atoms with E-state index in [2.05, 4.69) is 23.7 Å². The Bertz CT molecular complexity index is 1190. The smallest absolute Gasteiger partial charge is 0.295 e. The number of hydrogen-bond acceptors (Lipinski definition) is 4. The minimum absolute atomic E-state index is 0.141. The third-order valence-electron chi connectivity index (χ3n) is 6.29. The van der Waals surface area contributed by atoms with E-state index >= 15 is 0 Å². The van der Waals surface area contributed by atoms with Crippen LogP contribution in [0.5, 0.6) is 0 Å². The number of benzene rings is 2. The van der Waals surface area contributed by atoms with Crippen LogP contribution in [0.15, 0.2) is 60.3 Å². The summed E-state index contributed by atoms with van der Waals surface area (Å²) in [6.07, 6.45) is 1.69. The van der Waals surface area contributed by atoms with Gasteiger partial charge in [0.05, 0.1) is 11.6 Å². The Balaban J connectivity index is 1.85. The molecule has 0 radical (unpaired) electrons. The van der Waals surface area contributed by atoms with Crippen molar-refractivity contribution in [3.8, 4) is 0 Å². The van der Waals surface area contributed by atoms with Crippen molar-refractivity contribution < 1.29 is 14.7 Å². The molecule has 0 bridgehead atoms. The van der Waals surface area contributed by atoms with E-state index in [1.165, 1.54) is 0 Å². The van der Waals surface area contributed by atoms with Crippen LogP contribution in [0.2, 0.25) is 0 Å². The second-order valence-electron chi connectivity index (χ2n) is 8.18. The van der Waals surface area contributed by atoms with Crippen LogP contribution in [0, 0.1) is 6.92 Å². The molecule has 1 aliphatic rings. The van der Waals surface area contributed by atoms with Gasteiger partial charge in [-0.05, 0) is 31.6 Å². The van der Waals surface area contributed by atoms with Crippen LogP contribution in [0.4, 0.5) is 0 Å². The lowest BCUT2D eigenvalue weighted by atomic mass is 9.94. The standard InChI is InChI=1S/C26H29N3O3/c1-4-28(5-2)13-14-29-23(18-10-8-9-17(3)15-18)22(25(31)26(29)32)24(30)20-16-27-21-12-7-6-11-19(20)21/h6-12,15-16,23,27,30H,4-5,13-14H2,1-3H3/b24-22-. The van der Waals surface area contributed by atoms with Crippen molar-refractivity contribution in [3.63, 3.8) is 0 Å². The molecule has 1 aromatic heterocycles. The predicted molar refractivity (Wildman–Crippen MR) is 126 cm³/mol. The third-order valence-corrected chi connectivity index (χ3v) is 6.29.